The molecule has 0 atom stereocenters. The van der Waals surface area contributed by atoms with E-state index in [-0.39, 0.29) is 11.6 Å². The summed E-state index contributed by atoms with van der Waals surface area (Å²) in [5.41, 5.74) is 0.544. The van der Waals surface area contributed by atoms with Crippen LogP contribution in [0, 0.1) is 11.6 Å². The maximum atomic E-state index is 13.7. The quantitative estimate of drug-likeness (QED) is 0.778. The number of ether oxygens (including phenoxy) is 1. The standard InChI is InChI=1S/C15H15BrF2N2O/c1-2-5-19-8-10-6-12(17)9-20-15(10)21-14-7-11(16)3-4-13(14)18/h3-4,6-7,9,19H,2,5,8H2,1H3. The van der Waals surface area contributed by atoms with Gasteiger partial charge in [-0.1, -0.05) is 22.9 Å². The summed E-state index contributed by atoms with van der Waals surface area (Å²) in [6.45, 7) is 3.23. The van der Waals surface area contributed by atoms with Crippen LogP contribution in [0.25, 0.3) is 0 Å². The van der Waals surface area contributed by atoms with Gasteiger partial charge in [0.1, 0.15) is 5.82 Å². The van der Waals surface area contributed by atoms with Crippen LogP contribution in [0.3, 0.4) is 0 Å². The van der Waals surface area contributed by atoms with E-state index in [0.717, 1.165) is 19.2 Å². The molecular formula is C15H15BrF2N2O. The Hall–Kier alpha value is -1.53. The number of benzene rings is 1. The van der Waals surface area contributed by atoms with E-state index < -0.39 is 11.6 Å². The molecule has 0 saturated carbocycles. The van der Waals surface area contributed by atoms with Gasteiger partial charge < -0.3 is 10.1 Å². The van der Waals surface area contributed by atoms with Gasteiger partial charge >= 0.3 is 0 Å². The molecule has 0 bridgehead atoms. The summed E-state index contributed by atoms with van der Waals surface area (Å²) in [5.74, 6) is -0.723. The molecule has 1 aromatic heterocycles. The van der Waals surface area contributed by atoms with Crippen molar-refractivity contribution in [2.45, 2.75) is 19.9 Å². The third-order valence-electron chi connectivity index (χ3n) is 2.73. The highest BCUT2D eigenvalue weighted by Crippen LogP contribution is 2.28. The Labute approximate surface area is 130 Å². The van der Waals surface area contributed by atoms with Crippen LogP contribution in [-0.4, -0.2) is 11.5 Å². The molecule has 6 heteroatoms. The van der Waals surface area contributed by atoms with E-state index in [9.17, 15) is 8.78 Å². The Morgan fingerprint density at radius 2 is 2.10 bits per heavy atom. The number of aromatic nitrogens is 1. The summed E-state index contributed by atoms with van der Waals surface area (Å²) in [6.07, 6.45) is 2.01. The maximum absolute atomic E-state index is 13.7. The van der Waals surface area contributed by atoms with Crippen LogP contribution in [0.1, 0.15) is 18.9 Å². The summed E-state index contributed by atoms with van der Waals surface area (Å²) in [4.78, 5) is 3.90. The van der Waals surface area contributed by atoms with Gasteiger partial charge in [0.05, 0.1) is 6.20 Å². The van der Waals surface area contributed by atoms with E-state index >= 15 is 0 Å². The van der Waals surface area contributed by atoms with Crippen molar-refractivity contribution in [2.75, 3.05) is 6.54 Å². The lowest BCUT2D eigenvalue weighted by molar-refractivity contribution is 0.417. The van der Waals surface area contributed by atoms with Crippen LogP contribution >= 0.6 is 15.9 Å². The molecule has 0 radical (unpaired) electrons. The van der Waals surface area contributed by atoms with Gasteiger partial charge in [-0.15, -0.1) is 0 Å². The molecule has 0 unspecified atom stereocenters. The number of rotatable bonds is 6. The number of pyridine rings is 1. The molecular weight excluding hydrogens is 342 g/mol. The van der Waals surface area contributed by atoms with Crippen molar-refractivity contribution < 1.29 is 13.5 Å². The van der Waals surface area contributed by atoms with Crippen LogP contribution in [-0.2, 0) is 6.54 Å². The van der Waals surface area contributed by atoms with E-state index in [1.165, 1.54) is 18.2 Å². The van der Waals surface area contributed by atoms with Crippen molar-refractivity contribution in [1.82, 2.24) is 10.3 Å². The fourth-order valence-corrected chi connectivity index (χ4v) is 2.09. The summed E-state index contributed by atoms with van der Waals surface area (Å²) >= 11 is 3.25. The maximum Gasteiger partial charge on any atom is 0.224 e. The summed E-state index contributed by atoms with van der Waals surface area (Å²) in [7, 11) is 0. The van der Waals surface area contributed by atoms with Crippen molar-refractivity contribution in [3.8, 4) is 11.6 Å². The summed E-state index contributed by atoms with van der Waals surface area (Å²) < 4.78 is 33.2. The Balaban J connectivity index is 2.24. The molecule has 2 aromatic rings. The first-order chi connectivity index (χ1) is 10.1. The minimum absolute atomic E-state index is 0.0419. The van der Waals surface area contributed by atoms with Gasteiger partial charge in [-0.25, -0.2) is 13.8 Å². The molecule has 3 nitrogen and oxygen atoms in total. The van der Waals surface area contributed by atoms with Crippen LogP contribution in [0.4, 0.5) is 8.78 Å². The lowest BCUT2D eigenvalue weighted by Crippen LogP contribution is -2.15. The third kappa shape index (κ3) is 4.47. The number of nitrogens with one attached hydrogen (secondary N) is 1. The van der Waals surface area contributed by atoms with Crippen LogP contribution in [0.2, 0.25) is 0 Å². The fourth-order valence-electron chi connectivity index (χ4n) is 1.75. The van der Waals surface area contributed by atoms with Crippen molar-refractivity contribution in [1.29, 1.82) is 0 Å². The van der Waals surface area contributed by atoms with Crippen molar-refractivity contribution >= 4 is 15.9 Å². The summed E-state index contributed by atoms with van der Waals surface area (Å²) in [5, 5.41) is 3.14. The minimum atomic E-state index is -0.503. The minimum Gasteiger partial charge on any atom is -0.436 e. The highest BCUT2D eigenvalue weighted by Gasteiger charge is 2.11. The summed E-state index contributed by atoms with van der Waals surface area (Å²) in [6, 6.07) is 5.70. The van der Waals surface area contributed by atoms with Crippen molar-refractivity contribution in [3.63, 3.8) is 0 Å². The number of halogens is 3. The number of hydrogen-bond acceptors (Lipinski definition) is 3. The second-order valence-corrected chi connectivity index (χ2v) is 5.39. The Morgan fingerprint density at radius 3 is 2.86 bits per heavy atom. The number of nitrogens with zero attached hydrogens (tertiary/aromatic N) is 1. The average Bonchev–Trinajstić information content (AvgIpc) is 2.46. The molecule has 0 aliphatic rings. The molecule has 21 heavy (non-hydrogen) atoms. The molecule has 0 aliphatic heterocycles. The molecule has 0 spiro atoms. The van der Waals surface area contributed by atoms with Crippen LogP contribution in [0.5, 0.6) is 11.6 Å². The lowest BCUT2D eigenvalue weighted by Gasteiger charge is -2.11. The van der Waals surface area contributed by atoms with E-state index in [0.29, 0.717) is 16.6 Å². The first-order valence-corrected chi connectivity index (χ1v) is 7.37. The second kappa shape index (κ2) is 7.47. The van der Waals surface area contributed by atoms with Crippen LogP contribution in [0.15, 0.2) is 34.9 Å². The van der Waals surface area contributed by atoms with Crippen molar-refractivity contribution in [2.24, 2.45) is 0 Å². The Morgan fingerprint density at radius 1 is 1.29 bits per heavy atom. The number of hydrogen-bond donors (Lipinski definition) is 1. The topological polar surface area (TPSA) is 34.2 Å². The van der Waals surface area contributed by atoms with E-state index in [4.69, 9.17) is 4.74 Å². The fraction of sp³-hybridized carbons (Fsp3) is 0.267. The molecule has 2 rings (SSSR count). The van der Waals surface area contributed by atoms with Gasteiger partial charge in [-0.05, 0) is 37.2 Å². The first-order valence-electron chi connectivity index (χ1n) is 6.58. The highest BCUT2D eigenvalue weighted by molar-refractivity contribution is 9.10. The van der Waals surface area contributed by atoms with Gasteiger partial charge in [-0.2, -0.15) is 0 Å². The largest absolute Gasteiger partial charge is 0.436 e. The second-order valence-electron chi connectivity index (χ2n) is 4.47. The molecule has 0 saturated heterocycles. The van der Waals surface area contributed by atoms with E-state index in [2.05, 4.69) is 26.2 Å². The zero-order valence-electron chi connectivity index (χ0n) is 11.5. The van der Waals surface area contributed by atoms with Crippen LogP contribution < -0.4 is 10.1 Å². The molecule has 0 fully saturated rings. The predicted molar refractivity (Wildman–Crippen MR) is 80.4 cm³/mol. The SMILES string of the molecule is CCCNCc1cc(F)cnc1Oc1cc(Br)ccc1F. The van der Waals surface area contributed by atoms with Crippen molar-refractivity contribution in [3.05, 3.63) is 52.1 Å². The third-order valence-corrected chi connectivity index (χ3v) is 3.23. The predicted octanol–water partition coefficient (Wildman–Crippen LogP) is 4.41. The van der Waals surface area contributed by atoms with Gasteiger partial charge in [-0.3, -0.25) is 0 Å². The first kappa shape index (κ1) is 15.9. The highest BCUT2D eigenvalue weighted by atomic mass is 79.9. The molecule has 112 valence electrons. The lowest BCUT2D eigenvalue weighted by atomic mass is 10.2. The van der Waals surface area contributed by atoms with Gasteiger partial charge in [0.25, 0.3) is 0 Å². The normalized spacial score (nSPS) is 10.7. The van der Waals surface area contributed by atoms with E-state index in [1.54, 1.807) is 6.07 Å². The van der Waals surface area contributed by atoms with Gasteiger partial charge in [0, 0.05) is 16.6 Å². The zero-order valence-corrected chi connectivity index (χ0v) is 13.1. The Kier molecular flexibility index (Phi) is 5.64. The monoisotopic (exact) mass is 356 g/mol. The molecule has 0 amide bonds. The average molecular weight is 357 g/mol. The van der Waals surface area contributed by atoms with Gasteiger partial charge in [0.15, 0.2) is 11.6 Å². The smallest absolute Gasteiger partial charge is 0.224 e. The molecule has 1 aromatic carbocycles. The van der Waals surface area contributed by atoms with Gasteiger partial charge in [0.2, 0.25) is 5.88 Å². The molecule has 1 heterocycles. The van der Waals surface area contributed by atoms with E-state index in [1.807, 2.05) is 6.92 Å². The molecule has 0 aliphatic carbocycles. The molecule has 1 N–H and O–H groups in total. The zero-order chi connectivity index (χ0) is 15.2. The Bertz CT molecular complexity index is 623.